The van der Waals surface area contributed by atoms with E-state index in [-0.39, 0.29) is 11.9 Å². The molecule has 0 aliphatic rings. The first kappa shape index (κ1) is 14.6. The first-order valence-corrected chi connectivity index (χ1v) is 7.61. The van der Waals surface area contributed by atoms with Gasteiger partial charge in [-0.1, -0.05) is 12.1 Å². The molecule has 20 heavy (non-hydrogen) atoms. The highest BCUT2D eigenvalue weighted by atomic mass is 32.1. The van der Waals surface area contributed by atoms with Crippen LogP contribution in [0.3, 0.4) is 0 Å². The van der Waals surface area contributed by atoms with Gasteiger partial charge < -0.3 is 10.6 Å². The van der Waals surface area contributed by atoms with E-state index in [1.54, 1.807) is 11.3 Å². The number of nitrogens with zero attached hydrogens (tertiary/aromatic N) is 1. The lowest BCUT2D eigenvalue weighted by Crippen LogP contribution is -2.36. The van der Waals surface area contributed by atoms with E-state index in [1.807, 2.05) is 60.7 Å². The maximum Gasteiger partial charge on any atom is 0.255 e. The minimum absolute atomic E-state index is 0.0844. The van der Waals surface area contributed by atoms with Crippen molar-refractivity contribution in [3.05, 3.63) is 51.7 Å². The third-order valence-corrected chi connectivity index (χ3v) is 4.14. The summed E-state index contributed by atoms with van der Waals surface area (Å²) in [6, 6.07) is 7.84. The number of aryl methyl sites for hydroxylation is 1. The molecular formula is C16H20N2OS. The average Bonchev–Trinajstić information content (AvgIpc) is 2.81. The van der Waals surface area contributed by atoms with E-state index in [0.29, 0.717) is 6.54 Å². The van der Waals surface area contributed by atoms with Crippen molar-refractivity contribution in [2.45, 2.75) is 33.4 Å². The molecule has 1 heterocycles. The molecule has 0 fully saturated rings. The molecule has 0 unspecified atom stereocenters. The Morgan fingerprint density at radius 3 is 2.65 bits per heavy atom. The SMILES string of the molecule is Cc1cscc1C(=O)N(Cc1cccc(N)c1)C(C)C. The highest BCUT2D eigenvalue weighted by Crippen LogP contribution is 2.20. The average molecular weight is 288 g/mol. The molecule has 106 valence electrons. The molecule has 0 radical (unpaired) electrons. The van der Waals surface area contributed by atoms with Crippen LogP contribution in [0.15, 0.2) is 35.0 Å². The number of hydrogen-bond donors (Lipinski definition) is 1. The Hall–Kier alpha value is -1.81. The molecule has 0 spiro atoms. The third-order valence-electron chi connectivity index (χ3n) is 3.27. The molecule has 2 aromatic rings. The van der Waals surface area contributed by atoms with Gasteiger partial charge in [0.2, 0.25) is 0 Å². The molecule has 0 bridgehead atoms. The number of benzene rings is 1. The molecule has 1 aromatic heterocycles. The molecule has 0 aliphatic heterocycles. The van der Waals surface area contributed by atoms with Gasteiger partial charge in [-0.15, -0.1) is 0 Å². The van der Waals surface area contributed by atoms with E-state index < -0.39 is 0 Å². The van der Waals surface area contributed by atoms with Gasteiger partial charge in [0.15, 0.2) is 0 Å². The van der Waals surface area contributed by atoms with Crippen molar-refractivity contribution in [3.8, 4) is 0 Å². The Kier molecular flexibility index (Phi) is 4.45. The van der Waals surface area contributed by atoms with Crippen molar-refractivity contribution in [3.63, 3.8) is 0 Å². The van der Waals surface area contributed by atoms with Crippen LogP contribution in [-0.2, 0) is 6.54 Å². The first-order chi connectivity index (χ1) is 9.49. The lowest BCUT2D eigenvalue weighted by atomic mass is 10.1. The fourth-order valence-electron chi connectivity index (χ4n) is 2.11. The van der Waals surface area contributed by atoms with E-state index >= 15 is 0 Å². The van der Waals surface area contributed by atoms with E-state index in [0.717, 1.165) is 22.4 Å². The van der Waals surface area contributed by atoms with Crippen LogP contribution in [0.25, 0.3) is 0 Å². The Morgan fingerprint density at radius 1 is 1.35 bits per heavy atom. The van der Waals surface area contributed by atoms with Crippen LogP contribution in [0.5, 0.6) is 0 Å². The van der Waals surface area contributed by atoms with Crippen LogP contribution in [0.4, 0.5) is 5.69 Å². The standard InChI is InChI=1S/C16H20N2OS/c1-11(2)18(8-13-5-4-6-14(17)7-13)16(19)15-10-20-9-12(15)3/h4-7,9-11H,8,17H2,1-3H3. The molecule has 3 nitrogen and oxygen atoms in total. The second-order valence-corrected chi connectivity index (χ2v) is 5.98. The maximum atomic E-state index is 12.7. The predicted octanol–water partition coefficient (Wildman–Crippen LogP) is 3.69. The van der Waals surface area contributed by atoms with Crippen molar-refractivity contribution in [2.75, 3.05) is 5.73 Å². The van der Waals surface area contributed by atoms with E-state index in [2.05, 4.69) is 0 Å². The van der Waals surface area contributed by atoms with Crippen molar-refractivity contribution in [2.24, 2.45) is 0 Å². The monoisotopic (exact) mass is 288 g/mol. The third kappa shape index (κ3) is 3.20. The molecule has 0 aliphatic carbocycles. The predicted molar refractivity (Wildman–Crippen MR) is 84.9 cm³/mol. The normalized spacial score (nSPS) is 10.8. The van der Waals surface area contributed by atoms with Crippen LogP contribution < -0.4 is 5.73 Å². The van der Waals surface area contributed by atoms with Gasteiger partial charge in [0, 0.05) is 23.7 Å². The van der Waals surface area contributed by atoms with E-state index in [4.69, 9.17) is 5.73 Å². The quantitative estimate of drug-likeness (QED) is 0.872. The largest absolute Gasteiger partial charge is 0.399 e. The molecule has 1 aromatic carbocycles. The molecular weight excluding hydrogens is 268 g/mol. The number of nitrogen functional groups attached to an aromatic ring is 1. The van der Waals surface area contributed by atoms with Crippen LogP contribution in [-0.4, -0.2) is 16.8 Å². The van der Waals surface area contributed by atoms with Crippen molar-refractivity contribution < 1.29 is 4.79 Å². The second-order valence-electron chi connectivity index (χ2n) is 5.24. The molecule has 0 atom stereocenters. The summed E-state index contributed by atoms with van der Waals surface area (Å²) in [5, 5.41) is 3.93. The van der Waals surface area contributed by atoms with Gasteiger partial charge in [-0.2, -0.15) is 11.3 Å². The molecule has 0 saturated carbocycles. The van der Waals surface area contributed by atoms with Gasteiger partial charge in [-0.05, 0) is 49.4 Å². The summed E-state index contributed by atoms with van der Waals surface area (Å²) in [4.78, 5) is 14.5. The van der Waals surface area contributed by atoms with Gasteiger partial charge in [0.25, 0.3) is 5.91 Å². The number of amides is 1. The highest BCUT2D eigenvalue weighted by molar-refractivity contribution is 7.08. The fraction of sp³-hybridized carbons (Fsp3) is 0.312. The Labute approximate surface area is 124 Å². The van der Waals surface area contributed by atoms with Crippen LogP contribution in [0.2, 0.25) is 0 Å². The summed E-state index contributed by atoms with van der Waals surface area (Å²) in [5.74, 6) is 0.0844. The number of hydrogen-bond acceptors (Lipinski definition) is 3. The summed E-state index contributed by atoms with van der Waals surface area (Å²) in [6.45, 7) is 6.62. The molecule has 4 heteroatoms. The molecule has 2 rings (SSSR count). The Balaban J connectivity index is 2.24. The number of rotatable bonds is 4. The number of nitrogens with two attached hydrogens (primary N) is 1. The van der Waals surface area contributed by atoms with Crippen LogP contribution in [0, 0.1) is 6.92 Å². The number of thiophene rings is 1. The van der Waals surface area contributed by atoms with Crippen molar-refractivity contribution >= 4 is 22.9 Å². The molecule has 0 saturated heterocycles. The number of anilines is 1. The minimum atomic E-state index is 0.0844. The van der Waals surface area contributed by atoms with Gasteiger partial charge in [0.1, 0.15) is 0 Å². The maximum absolute atomic E-state index is 12.7. The fourth-order valence-corrected chi connectivity index (χ4v) is 2.93. The first-order valence-electron chi connectivity index (χ1n) is 6.67. The lowest BCUT2D eigenvalue weighted by Gasteiger charge is -2.27. The molecule has 1 amide bonds. The zero-order valence-corrected chi connectivity index (χ0v) is 12.9. The highest BCUT2D eigenvalue weighted by Gasteiger charge is 2.21. The van der Waals surface area contributed by atoms with Gasteiger partial charge in [-0.25, -0.2) is 0 Å². The number of carbonyl (C=O) groups excluding carboxylic acids is 1. The summed E-state index contributed by atoms with van der Waals surface area (Å²) in [5.41, 5.74) is 9.42. The lowest BCUT2D eigenvalue weighted by molar-refractivity contribution is 0.0690. The molecule has 2 N–H and O–H groups in total. The van der Waals surface area contributed by atoms with Crippen molar-refractivity contribution in [1.29, 1.82) is 0 Å². The zero-order chi connectivity index (χ0) is 14.7. The summed E-state index contributed by atoms with van der Waals surface area (Å²) in [6.07, 6.45) is 0. The second kappa shape index (κ2) is 6.09. The van der Waals surface area contributed by atoms with Gasteiger partial charge in [0.05, 0.1) is 5.56 Å². The minimum Gasteiger partial charge on any atom is -0.399 e. The van der Waals surface area contributed by atoms with E-state index in [9.17, 15) is 4.79 Å². The van der Waals surface area contributed by atoms with Crippen LogP contribution >= 0.6 is 11.3 Å². The smallest absolute Gasteiger partial charge is 0.255 e. The number of carbonyl (C=O) groups is 1. The zero-order valence-electron chi connectivity index (χ0n) is 12.1. The van der Waals surface area contributed by atoms with E-state index in [1.165, 1.54) is 0 Å². The Bertz CT molecular complexity index is 604. The van der Waals surface area contributed by atoms with Crippen LogP contribution in [0.1, 0.15) is 35.3 Å². The Morgan fingerprint density at radius 2 is 2.10 bits per heavy atom. The van der Waals surface area contributed by atoms with Crippen molar-refractivity contribution in [1.82, 2.24) is 4.90 Å². The summed E-state index contributed by atoms with van der Waals surface area (Å²) < 4.78 is 0. The van der Waals surface area contributed by atoms with Gasteiger partial charge in [-0.3, -0.25) is 4.79 Å². The summed E-state index contributed by atoms with van der Waals surface area (Å²) >= 11 is 1.56. The topological polar surface area (TPSA) is 46.3 Å². The summed E-state index contributed by atoms with van der Waals surface area (Å²) in [7, 11) is 0. The van der Waals surface area contributed by atoms with Gasteiger partial charge >= 0.3 is 0 Å².